The number of phenols is 2. The molecule has 8 nitrogen and oxygen atoms in total. The van der Waals surface area contributed by atoms with E-state index in [-0.39, 0.29) is 38.6 Å². The second-order valence-corrected chi connectivity index (χ2v) is 9.28. The van der Waals surface area contributed by atoms with Crippen molar-refractivity contribution < 1.29 is 28.2 Å². The summed E-state index contributed by atoms with van der Waals surface area (Å²) in [6, 6.07) is 27.5. The highest BCUT2D eigenvalue weighted by Gasteiger charge is 2.18. The quantitative estimate of drug-likeness (QED) is 0.252. The largest absolute Gasteiger partial charge is 0.504 e. The summed E-state index contributed by atoms with van der Waals surface area (Å²) in [7, 11) is -3.86. The van der Waals surface area contributed by atoms with Crippen molar-refractivity contribution in [2.45, 2.75) is 4.90 Å². The highest BCUT2D eigenvalue weighted by molar-refractivity contribution is 7.92. The number of sulfonamides is 1. The van der Waals surface area contributed by atoms with Crippen molar-refractivity contribution in [1.29, 1.82) is 0 Å². The number of anilines is 1. The lowest BCUT2D eigenvalue weighted by Crippen LogP contribution is -2.13. The number of benzene rings is 4. The number of nitrogens with one attached hydrogen (secondary N) is 1. The van der Waals surface area contributed by atoms with E-state index < -0.39 is 27.0 Å². The molecule has 9 heteroatoms. The Labute approximate surface area is 206 Å². The molecule has 5 aromatic rings. The molecule has 0 bridgehead atoms. The van der Waals surface area contributed by atoms with Gasteiger partial charge in [-0.15, -0.1) is 0 Å². The maximum absolute atomic E-state index is 12.7. The Morgan fingerprint density at radius 2 is 1.31 bits per heavy atom. The Balaban J connectivity index is 0.000000445. The predicted molar refractivity (Wildman–Crippen MR) is 137 cm³/mol. The van der Waals surface area contributed by atoms with E-state index in [1.165, 1.54) is 42.5 Å². The van der Waals surface area contributed by atoms with Crippen molar-refractivity contribution in [1.82, 2.24) is 0 Å². The molecule has 5 rings (SSSR count). The fourth-order valence-corrected chi connectivity index (χ4v) is 4.38. The minimum Gasteiger partial charge on any atom is -0.504 e. The Morgan fingerprint density at radius 1 is 0.694 bits per heavy atom. The molecule has 0 saturated heterocycles. The monoisotopic (exact) mass is 503 g/mol. The lowest BCUT2D eigenvalue weighted by molar-refractivity contribution is 0.403. The zero-order valence-electron chi connectivity index (χ0n) is 18.7. The van der Waals surface area contributed by atoms with E-state index in [4.69, 9.17) is 4.42 Å². The summed E-state index contributed by atoms with van der Waals surface area (Å²) in [5, 5.41) is 29.4. The first-order chi connectivity index (χ1) is 17.3. The molecule has 0 aliphatic carbocycles. The number of phenolic OH excluding ortho intramolecular Hbond substituents is 2. The smallest absolute Gasteiger partial charge is 0.261 e. The molecule has 4 aromatic carbocycles. The molecule has 0 fully saturated rings. The standard InChI is InChI=1S/C21H15NO7S.C6H6/c23-16-8-6-12(10-17(16)24)21-20(26)19(25)15-11-13(7-9-18(15)29-21)22-30(27,28)14-4-2-1-3-5-14;1-2-4-6-5-3-1/h1-11,22-24,26H;1-6H. The molecular formula is C27H21NO7S. The molecule has 0 aliphatic rings. The number of fused-ring (bicyclic) bond motifs is 1. The Hall–Kier alpha value is -4.76. The van der Waals surface area contributed by atoms with Crippen LogP contribution in [0.1, 0.15) is 0 Å². The molecule has 1 aromatic heterocycles. The van der Waals surface area contributed by atoms with Crippen LogP contribution in [0.3, 0.4) is 0 Å². The fourth-order valence-electron chi connectivity index (χ4n) is 3.31. The van der Waals surface area contributed by atoms with Gasteiger partial charge in [0.2, 0.25) is 11.2 Å². The summed E-state index contributed by atoms with van der Waals surface area (Å²) < 4.78 is 33.0. The van der Waals surface area contributed by atoms with Crippen LogP contribution in [0.15, 0.2) is 117 Å². The van der Waals surface area contributed by atoms with Gasteiger partial charge in [0.05, 0.1) is 10.3 Å². The van der Waals surface area contributed by atoms with E-state index in [9.17, 15) is 28.5 Å². The Bertz CT molecular complexity index is 1640. The van der Waals surface area contributed by atoms with E-state index in [2.05, 4.69) is 4.72 Å². The molecular weight excluding hydrogens is 482 g/mol. The van der Waals surface area contributed by atoms with Gasteiger partial charge in [-0.3, -0.25) is 9.52 Å². The van der Waals surface area contributed by atoms with Crippen LogP contribution in [0.4, 0.5) is 5.69 Å². The highest BCUT2D eigenvalue weighted by atomic mass is 32.2. The van der Waals surface area contributed by atoms with Gasteiger partial charge in [0.25, 0.3) is 10.0 Å². The summed E-state index contributed by atoms with van der Waals surface area (Å²) in [5.41, 5.74) is -0.383. The van der Waals surface area contributed by atoms with Crippen molar-refractivity contribution in [2.75, 3.05) is 4.72 Å². The molecule has 0 unspecified atom stereocenters. The van der Waals surface area contributed by atoms with Crippen LogP contribution in [0, 0.1) is 0 Å². The minimum atomic E-state index is -3.86. The van der Waals surface area contributed by atoms with Crippen molar-refractivity contribution in [3.8, 4) is 28.6 Å². The normalized spacial score (nSPS) is 10.9. The van der Waals surface area contributed by atoms with Gasteiger partial charge in [0.15, 0.2) is 17.3 Å². The van der Waals surface area contributed by atoms with E-state index >= 15 is 0 Å². The molecule has 0 amide bonds. The molecule has 4 N–H and O–H groups in total. The molecule has 1 heterocycles. The van der Waals surface area contributed by atoms with Crippen LogP contribution in [-0.4, -0.2) is 23.7 Å². The van der Waals surface area contributed by atoms with Gasteiger partial charge < -0.3 is 19.7 Å². The maximum Gasteiger partial charge on any atom is 0.261 e. The third kappa shape index (κ3) is 5.31. The van der Waals surface area contributed by atoms with Crippen LogP contribution < -0.4 is 10.2 Å². The van der Waals surface area contributed by atoms with Gasteiger partial charge >= 0.3 is 0 Å². The van der Waals surface area contributed by atoms with Crippen LogP contribution in [0.2, 0.25) is 0 Å². The topological polar surface area (TPSA) is 137 Å². The van der Waals surface area contributed by atoms with Gasteiger partial charge in [0.1, 0.15) is 5.58 Å². The summed E-state index contributed by atoms with van der Waals surface area (Å²) >= 11 is 0. The Kier molecular flexibility index (Phi) is 6.93. The first-order valence-electron chi connectivity index (χ1n) is 10.7. The summed E-state index contributed by atoms with van der Waals surface area (Å²) in [4.78, 5) is 12.7. The summed E-state index contributed by atoms with van der Waals surface area (Å²) in [6.45, 7) is 0. The highest BCUT2D eigenvalue weighted by Crippen LogP contribution is 2.35. The van der Waals surface area contributed by atoms with E-state index in [0.29, 0.717) is 0 Å². The third-order valence-electron chi connectivity index (χ3n) is 5.08. The lowest BCUT2D eigenvalue weighted by Gasteiger charge is -2.10. The van der Waals surface area contributed by atoms with Gasteiger partial charge in [-0.25, -0.2) is 8.42 Å². The van der Waals surface area contributed by atoms with E-state index in [0.717, 1.165) is 6.07 Å². The van der Waals surface area contributed by atoms with Crippen molar-refractivity contribution in [3.05, 3.63) is 113 Å². The van der Waals surface area contributed by atoms with Gasteiger partial charge in [0, 0.05) is 11.3 Å². The number of hydrogen-bond donors (Lipinski definition) is 4. The molecule has 0 atom stereocenters. The van der Waals surface area contributed by atoms with E-state index in [1.54, 1.807) is 18.2 Å². The van der Waals surface area contributed by atoms with Crippen LogP contribution in [0.5, 0.6) is 17.2 Å². The van der Waals surface area contributed by atoms with Gasteiger partial charge in [-0.2, -0.15) is 0 Å². The first kappa shape index (κ1) is 24.4. The minimum absolute atomic E-state index is 0.0347. The summed E-state index contributed by atoms with van der Waals surface area (Å²) in [5.74, 6) is -1.71. The average Bonchev–Trinajstić information content (AvgIpc) is 2.90. The molecule has 0 spiro atoms. The van der Waals surface area contributed by atoms with Crippen LogP contribution in [-0.2, 0) is 10.0 Å². The SMILES string of the molecule is O=c1c(O)c(-c2ccc(O)c(O)c2)oc2ccc(NS(=O)(=O)c3ccccc3)cc12.c1ccccc1. The number of rotatable bonds is 4. The van der Waals surface area contributed by atoms with Gasteiger partial charge in [-0.05, 0) is 48.5 Å². The van der Waals surface area contributed by atoms with Crippen molar-refractivity contribution in [2.24, 2.45) is 0 Å². The predicted octanol–water partition coefficient (Wildman–Crippen LogP) is 5.06. The molecule has 0 aliphatic heterocycles. The number of aromatic hydroxyl groups is 3. The third-order valence-corrected chi connectivity index (χ3v) is 6.47. The zero-order valence-corrected chi connectivity index (χ0v) is 19.5. The number of hydrogen-bond acceptors (Lipinski definition) is 7. The second kappa shape index (κ2) is 10.2. The Morgan fingerprint density at radius 3 is 1.92 bits per heavy atom. The van der Waals surface area contributed by atoms with Crippen LogP contribution in [0.25, 0.3) is 22.3 Å². The van der Waals surface area contributed by atoms with Gasteiger partial charge in [-0.1, -0.05) is 54.6 Å². The van der Waals surface area contributed by atoms with Crippen molar-refractivity contribution >= 4 is 26.7 Å². The zero-order chi connectivity index (χ0) is 25.7. The lowest BCUT2D eigenvalue weighted by atomic mass is 10.1. The fraction of sp³-hybridized carbons (Fsp3) is 0. The molecule has 0 saturated carbocycles. The maximum atomic E-state index is 12.7. The van der Waals surface area contributed by atoms with Crippen molar-refractivity contribution in [3.63, 3.8) is 0 Å². The molecule has 36 heavy (non-hydrogen) atoms. The second-order valence-electron chi connectivity index (χ2n) is 7.60. The first-order valence-corrected chi connectivity index (χ1v) is 12.1. The van der Waals surface area contributed by atoms with E-state index in [1.807, 2.05) is 36.4 Å². The summed E-state index contributed by atoms with van der Waals surface area (Å²) in [6.07, 6.45) is 0. The molecule has 182 valence electrons. The average molecular weight is 504 g/mol. The molecule has 0 radical (unpaired) electrons. The van der Waals surface area contributed by atoms with Crippen LogP contribution >= 0.6 is 0 Å².